The molecule has 1 amide bonds. The predicted molar refractivity (Wildman–Crippen MR) is 129 cm³/mol. The van der Waals surface area contributed by atoms with Gasteiger partial charge in [-0.2, -0.15) is 0 Å². The van der Waals surface area contributed by atoms with Crippen LogP contribution in [0.5, 0.6) is 0 Å². The molecule has 3 aromatic rings. The highest BCUT2D eigenvalue weighted by molar-refractivity contribution is 7.91. The number of piperazine rings is 1. The second kappa shape index (κ2) is 9.62. The van der Waals surface area contributed by atoms with Gasteiger partial charge in [-0.25, -0.2) is 8.42 Å². The number of rotatable bonds is 7. The van der Waals surface area contributed by atoms with Crippen LogP contribution in [0, 0.1) is 0 Å². The van der Waals surface area contributed by atoms with Crippen molar-refractivity contribution in [3.05, 3.63) is 54.0 Å². The zero-order valence-corrected chi connectivity index (χ0v) is 20.1. The molecule has 2 aromatic heterocycles. The number of nitrogens with one attached hydrogen (secondary N) is 1. The minimum atomic E-state index is -3.38. The van der Waals surface area contributed by atoms with E-state index in [4.69, 9.17) is 4.42 Å². The largest absolute Gasteiger partial charge is 0.464 e. The van der Waals surface area contributed by atoms with Crippen molar-refractivity contribution in [1.82, 2.24) is 20.1 Å². The zero-order chi connectivity index (χ0) is 23.6. The molecule has 0 aliphatic carbocycles. The Labute approximate surface area is 194 Å². The van der Waals surface area contributed by atoms with Crippen LogP contribution in [0.2, 0.25) is 0 Å². The van der Waals surface area contributed by atoms with Crippen molar-refractivity contribution in [2.75, 3.05) is 46.5 Å². The Morgan fingerprint density at radius 1 is 1.24 bits per heavy atom. The molecule has 1 saturated heterocycles. The van der Waals surface area contributed by atoms with Gasteiger partial charge in [0.15, 0.2) is 9.84 Å². The van der Waals surface area contributed by atoms with Crippen LogP contribution in [-0.2, 0) is 27.5 Å². The van der Waals surface area contributed by atoms with Crippen molar-refractivity contribution in [3.8, 4) is 11.1 Å². The number of amides is 1. The number of benzene rings is 1. The molecule has 0 spiro atoms. The lowest BCUT2D eigenvalue weighted by Gasteiger charge is -2.35. The number of pyridine rings is 1. The van der Waals surface area contributed by atoms with E-state index in [9.17, 15) is 13.2 Å². The molecule has 1 aliphatic rings. The van der Waals surface area contributed by atoms with Gasteiger partial charge in [0.1, 0.15) is 11.0 Å². The fourth-order valence-corrected chi connectivity index (χ4v) is 5.27. The van der Waals surface area contributed by atoms with Crippen molar-refractivity contribution in [1.29, 1.82) is 0 Å². The molecule has 1 aromatic carbocycles. The van der Waals surface area contributed by atoms with Gasteiger partial charge in [-0.1, -0.05) is 6.07 Å². The van der Waals surface area contributed by atoms with E-state index in [1.54, 1.807) is 12.4 Å². The van der Waals surface area contributed by atoms with Gasteiger partial charge < -0.3 is 19.5 Å². The third kappa shape index (κ3) is 5.43. The molecule has 4 rings (SSSR count). The number of hydrogen-bond acceptors (Lipinski definition) is 7. The third-order valence-corrected chi connectivity index (χ3v) is 7.39. The van der Waals surface area contributed by atoms with E-state index in [0.29, 0.717) is 13.1 Å². The number of sulfone groups is 1. The molecule has 176 valence electrons. The van der Waals surface area contributed by atoms with E-state index in [0.717, 1.165) is 46.2 Å². The first-order valence-corrected chi connectivity index (χ1v) is 13.0. The van der Waals surface area contributed by atoms with E-state index in [1.165, 1.54) is 11.2 Å². The van der Waals surface area contributed by atoms with Crippen LogP contribution in [0.4, 0.5) is 0 Å². The smallest absolute Gasteiger partial charge is 0.228 e. The molecule has 1 N–H and O–H groups in total. The maximum atomic E-state index is 13.0. The highest BCUT2D eigenvalue weighted by Crippen LogP contribution is 2.28. The number of nitrogens with zero attached hydrogens (tertiary/aromatic N) is 3. The van der Waals surface area contributed by atoms with Crippen LogP contribution < -0.4 is 5.32 Å². The monoisotopic (exact) mass is 470 g/mol. The Morgan fingerprint density at radius 3 is 2.82 bits per heavy atom. The topological polar surface area (TPSA) is 95.8 Å². The van der Waals surface area contributed by atoms with E-state index >= 15 is 0 Å². The van der Waals surface area contributed by atoms with Gasteiger partial charge in [-0.3, -0.25) is 9.78 Å². The first-order valence-electron chi connectivity index (χ1n) is 11.0. The Kier molecular flexibility index (Phi) is 6.83. The first kappa shape index (κ1) is 23.4. The fourth-order valence-electron chi connectivity index (χ4n) is 4.16. The number of hydrogen-bond donors (Lipinski definition) is 1. The fraction of sp³-hybridized carbons (Fsp3) is 0.417. The molecular formula is C24H30N4O4S. The second-order valence-electron chi connectivity index (χ2n) is 8.86. The summed E-state index contributed by atoms with van der Waals surface area (Å²) in [6, 6.07) is 7.99. The standard InChI is InChI=1S/C24H30N4O4S/c1-27(2)8-6-19-16-32-22-5-4-18(12-21(19)22)20-10-17(13-26-14-20)11-23(29)28-9-7-25-15-24(28)33(3,30)31/h4-5,10,12-14,16,24-25H,6-9,11,15H2,1-3H3. The second-order valence-corrected chi connectivity index (χ2v) is 11.1. The van der Waals surface area contributed by atoms with E-state index in [2.05, 4.69) is 21.3 Å². The molecule has 9 heteroatoms. The summed E-state index contributed by atoms with van der Waals surface area (Å²) >= 11 is 0. The summed E-state index contributed by atoms with van der Waals surface area (Å²) in [5, 5.41) is 3.30. The van der Waals surface area contributed by atoms with Crippen LogP contribution >= 0.6 is 0 Å². The van der Waals surface area contributed by atoms with E-state index in [-0.39, 0.29) is 18.9 Å². The lowest BCUT2D eigenvalue weighted by Crippen LogP contribution is -2.56. The SMILES string of the molecule is CN(C)CCc1coc2ccc(-c3cncc(CC(=O)N4CCNCC4S(C)(=O)=O)c3)cc12. The third-order valence-electron chi connectivity index (χ3n) is 5.98. The number of likely N-dealkylation sites (N-methyl/N-ethyl adjacent to an activating group) is 1. The van der Waals surface area contributed by atoms with Crippen LogP contribution in [0.25, 0.3) is 22.1 Å². The van der Waals surface area contributed by atoms with Gasteiger partial charge in [0.2, 0.25) is 5.91 Å². The summed E-state index contributed by atoms with van der Waals surface area (Å²) < 4.78 is 30.0. The number of aromatic nitrogens is 1. The van der Waals surface area contributed by atoms with Crippen molar-refractivity contribution in [2.45, 2.75) is 18.2 Å². The highest BCUT2D eigenvalue weighted by Gasteiger charge is 2.33. The Bertz CT molecular complexity index is 1250. The molecule has 1 fully saturated rings. The lowest BCUT2D eigenvalue weighted by atomic mass is 10.0. The van der Waals surface area contributed by atoms with Gasteiger partial charge >= 0.3 is 0 Å². The van der Waals surface area contributed by atoms with Crippen molar-refractivity contribution < 1.29 is 17.6 Å². The minimum absolute atomic E-state index is 0.106. The molecule has 8 nitrogen and oxygen atoms in total. The average Bonchev–Trinajstić information content (AvgIpc) is 3.19. The molecule has 1 aliphatic heterocycles. The Balaban J connectivity index is 1.56. The maximum absolute atomic E-state index is 13.0. The van der Waals surface area contributed by atoms with E-state index in [1.807, 2.05) is 38.6 Å². The molecule has 33 heavy (non-hydrogen) atoms. The molecule has 0 radical (unpaired) electrons. The van der Waals surface area contributed by atoms with Crippen LogP contribution in [0.1, 0.15) is 11.1 Å². The Hall–Kier alpha value is -2.75. The summed E-state index contributed by atoms with van der Waals surface area (Å²) in [6.07, 6.45) is 7.43. The van der Waals surface area contributed by atoms with Crippen LogP contribution in [0.15, 0.2) is 47.3 Å². The van der Waals surface area contributed by atoms with Crippen molar-refractivity contribution >= 4 is 26.7 Å². The van der Waals surface area contributed by atoms with Crippen molar-refractivity contribution in [2.24, 2.45) is 0 Å². The molecule has 0 bridgehead atoms. The summed E-state index contributed by atoms with van der Waals surface area (Å²) in [7, 11) is 0.715. The molecule has 0 saturated carbocycles. The van der Waals surface area contributed by atoms with Gasteiger partial charge in [0.05, 0.1) is 12.7 Å². The quantitative estimate of drug-likeness (QED) is 0.564. The van der Waals surface area contributed by atoms with Crippen molar-refractivity contribution in [3.63, 3.8) is 0 Å². The summed E-state index contributed by atoms with van der Waals surface area (Å²) in [4.78, 5) is 20.9. The highest BCUT2D eigenvalue weighted by atomic mass is 32.2. The predicted octanol–water partition coefficient (Wildman–Crippen LogP) is 1.94. The normalized spacial score (nSPS) is 17.1. The molecule has 1 atom stereocenters. The van der Waals surface area contributed by atoms with Gasteiger partial charge in [-0.15, -0.1) is 0 Å². The number of carbonyl (C=O) groups excluding carboxylic acids is 1. The maximum Gasteiger partial charge on any atom is 0.228 e. The minimum Gasteiger partial charge on any atom is -0.464 e. The number of furan rings is 1. The number of carbonyl (C=O) groups is 1. The first-order chi connectivity index (χ1) is 15.7. The molecule has 3 heterocycles. The van der Waals surface area contributed by atoms with Gasteiger partial charge in [-0.05, 0) is 55.4 Å². The van der Waals surface area contributed by atoms with Crippen LogP contribution in [0.3, 0.4) is 0 Å². The Morgan fingerprint density at radius 2 is 2.06 bits per heavy atom. The number of fused-ring (bicyclic) bond motifs is 1. The summed E-state index contributed by atoms with van der Waals surface area (Å²) in [5.41, 5.74) is 4.65. The zero-order valence-electron chi connectivity index (χ0n) is 19.2. The summed E-state index contributed by atoms with van der Waals surface area (Å²) in [6.45, 7) is 2.13. The molecule has 1 unspecified atom stereocenters. The van der Waals surface area contributed by atoms with E-state index < -0.39 is 15.2 Å². The molecular weight excluding hydrogens is 440 g/mol. The lowest BCUT2D eigenvalue weighted by molar-refractivity contribution is -0.131. The van der Waals surface area contributed by atoms with Gasteiger partial charge in [0.25, 0.3) is 0 Å². The van der Waals surface area contributed by atoms with Crippen LogP contribution in [-0.4, -0.2) is 81.0 Å². The average molecular weight is 471 g/mol. The van der Waals surface area contributed by atoms with Gasteiger partial charge in [0, 0.05) is 55.8 Å². The summed E-state index contributed by atoms with van der Waals surface area (Å²) in [5.74, 6) is -0.206.